The van der Waals surface area contributed by atoms with Gasteiger partial charge in [0.1, 0.15) is 30.8 Å². The monoisotopic (exact) mass is 353 g/mol. The van der Waals surface area contributed by atoms with Gasteiger partial charge in [-0.25, -0.2) is 4.79 Å². The number of quaternary nitrogens is 1. The average Bonchev–Trinajstić information content (AvgIpc) is 2.74. The molecule has 3 rings (SSSR count). The van der Waals surface area contributed by atoms with Crippen LogP contribution in [0.15, 0.2) is 0 Å². The van der Waals surface area contributed by atoms with E-state index in [2.05, 4.69) is 17.7 Å². The molecule has 3 fully saturated rings. The highest BCUT2D eigenvalue weighted by Gasteiger charge is 2.53. The molecule has 3 aliphatic rings. The Bertz CT molecular complexity index is 549. The fraction of sp³-hybridized carbons (Fsp3) is 0.824. The molecular weight excluding hydrogens is 324 g/mol. The zero-order valence-corrected chi connectivity index (χ0v) is 15.3. The van der Waals surface area contributed by atoms with Gasteiger partial charge in [-0.1, -0.05) is 6.92 Å². The highest BCUT2D eigenvalue weighted by molar-refractivity contribution is 6.08. The molecule has 0 aromatic rings. The lowest BCUT2D eigenvalue weighted by molar-refractivity contribution is -0.907. The summed E-state index contributed by atoms with van der Waals surface area (Å²) in [4.78, 5) is 38.4. The molecular formula is C17H29N4O4+. The van der Waals surface area contributed by atoms with E-state index in [0.717, 1.165) is 35.8 Å². The molecule has 0 unspecified atom stereocenters. The smallest absolute Gasteiger partial charge is 0.344 e. The van der Waals surface area contributed by atoms with Crippen LogP contribution in [0.3, 0.4) is 0 Å². The lowest BCUT2D eigenvalue weighted by Gasteiger charge is -2.33. The molecule has 8 nitrogen and oxygen atoms in total. The van der Waals surface area contributed by atoms with Crippen molar-refractivity contribution in [1.82, 2.24) is 15.8 Å². The van der Waals surface area contributed by atoms with Crippen LogP contribution in [0.4, 0.5) is 4.79 Å². The lowest BCUT2D eigenvalue weighted by Crippen LogP contribution is -3.16. The first-order valence-electron chi connectivity index (χ1n) is 9.24. The van der Waals surface area contributed by atoms with Gasteiger partial charge in [-0.05, 0) is 45.4 Å². The molecule has 0 radical (unpaired) electrons. The van der Waals surface area contributed by atoms with Crippen molar-refractivity contribution in [2.75, 3.05) is 19.6 Å². The van der Waals surface area contributed by atoms with Gasteiger partial charge in [0.15, 0.2) is 6.54 Å². The fourth-order valence-corrected chi connectivity index (χ4v) is 4.24. The first kappa shape index (κ1) is 18.1. The van der Waals surface area contributed by atoms with Crippen molar-refractivity contribution in [2.45, 2.75) is 64.2 Å². The molecule has 0 aromatic heterocycles. The topological polar surface area (TPSA) is 92.2 Å². The van der Waals surface area contributed by atoms with E-state index in [4.69, 9.17) is 4.74 Å². The molecule has 25 heavy (non-hydrogen) atoms. The van der Waals surface area contributed by atoms with E-state index < -0.39 is 11.6 Å². The number of ether oxygens (including phenoxy) is 1. The van der Waals surface area contributed by atoms with Gasteiger partial charge >= 0.3 is 6.03 Å². The number of nitrogens with zero attached hydrogens (tertiary/aromatic N) is 1. The minimum absolute atomic E-state index is 0.0933. The Morgan fingerprint density at radius 1 is 1.24 bits per heavy atom. The van der Waals surface area contributed by atoms with E-state index in [-0.39, 0.29) is 30.6 Å². The molecule has 1 spiro atoms. The predicted molar refractivity (Wildman–Crippen MR) is 89.5 cm³/mol. The minimum atomic E-state index is -0.828. The molecule has 2 aliphatic heterocycles. The number of hydrogen-bond donors (Lipinski definition) is 3. The van der Waals surface area contributed by atoms with Crippen LogP contribution in [0.5, 0.6) is 0 Å². The quantitative estimate of drug-likeness (QED) is 0.580. The number of hydrogen-bond acceptors (Lipinski definition) is 4. The SMILES string of the molecule is CC1CCC2(CC1)NC(=O)N(NC(=O)C[NH+]1C[C@@H](C)O[C@H](C)C1)C2=O. The normalized spacial score (nSPS) is 38.8. The van der Waals surface area contributed by atoms with E-state index in [1.807, 2.05) is 13.8 Å². The van der Waals surface area contributed by atoms with Gasteiger partial charge in [-0.3, -0.25) is 15.0 Å². The van der Waals surface area contributed by atoms with Crippen LogP contribution in [0, 0.1) is 5.92 Å². The Balaban J connectivity index is 1.58. The molecule has 3 N–H and O–H groups in total. The summed E-state index contributed by atoms with van der Waals surface area (Å²) in [7, 11) is 0. The van der Waals surface area contributed by atoms with Gasteiger partial charge < -0.3 is 15.0 Å². The summed E-state index contributed by atoms with van der Waals surface area (Å²) < 4.78 is 5.67. The second-order valence-corrected chi connectivity index (χ2v) is 7.96. The number of rotatable bonds is 3. The number of hydrazine groups is 1. The van der Waals surface area contributed by atoms with E-state index in [9.17, 15) is 14.4 Å². The number of amides is 4. The van der Waals surface area contributed by atoms with Crippen LogP contribution in [-0.4, -0.2) is 60.2 Å². The number of carbonyl (C=O) groups is 3. The van der Waals surface area contributed by atoms with Crippen LogP contribution in [-0.2, 0) is 14.3 Å². The average molecular weight is 353 g/mol. The molecule has 2 saturated heterocycles. The maximum Gasteiger partial charge on any atom is 0.344 e. The molecule has 1 aliphatic carbocycles. The number of carbonyl (C=O) groups excluding carboxylic acids is 3. The Hall–Kier alpha value is -1.67. The standard InChI is InChI=1S/C17H28N4O4/c1-11-4-6-17(7-5-11)15(23)21(16(24)18-17)19-14(22)10-20-8-12(2)25-13(3)9-20/h11-13H,4-10H2,1-3H3,(H,18,24)(H,19,22)/p+1/t11?,12-,13-,17?/m1/s1. The van der Waals surface area contributed by atoms with Crippen LogP contribution < -0.4 is 15.6 Å². The number of urea groups is 1. The maximum absolute atomic E-state index is 12.7. The van der Waals surface area contributed by atoms with Crippen molar-refractivity contribution in [2.24, 2.45) is 5.92 Å². The van der Waals surface area contributed by atoms with Crippen molar-refractivity contribution in [1.29, 1.82) is 0 Å². The van der Waals surface area contributed by atoms with Crippen LogP contribution in [0.1, 0.15) is 46.5 Å². The molecule has 140 valence electrons. The summed E-state index contributed by atoms with van der Waals surface area (Å²) in [5, 5.41) is 3.69. The third-order valence-corrected chi connectivity index (χ3v) is 5.55. The summed E-state index contributed by atoms with van der Waals surface area (Å²) in [6.45, 7) is 7.82. The first-order chi connectivity index (χ1) is 11.8. The molecule has 1 saturated carbocycles. The Morgan fingerprint density at radius 3 is 2.44 bits per heavy atom. The van der Waals surface area contributed by atoms with Crippen molar-refractivity contribution in [3.05, 3.63) is 0 Å². The molecule has 4 amide bonds. The highest BCUT2D eigenvalue weighted by atomic mass is 16.5. The van der Waals surface area contributed by atoms with E-state index >= 15 is 0 Å². The molecule has 2 heterocycles. The van der Waals surface area contributed by atoms with Gasteiger partial charge in [-0.15, -0.1) is 0 Å². The fourth-order valence-electron chi connectivity index (χ4n) is 4.24. The summed E-state index contributed by atoms with van der Waals surface area (Å²) in [6, 6.07) is -0.522. The van der Waals surface area contributed by atoms with E-state index in [1.165, 1.54) is 0 Å². The van der Waals surface area contributed by atoms with Crippen LogP contribution >= 0.6 is 0 Å². The van der Waals surface area contributed by atoms with Crippen molar-refractivity contribution in [3.8, 4) is 0 Å². The molecule has 0 aromatic carbocycles. The third-order valence-electron chi connectivity index (χ3n) is 5.55. The Labute approximate surface area is 148 Å². The second kappa shape index (κ2) is 6.92. The predicted octanol–water partition coefficient (Wildman–Crippen LogP) is -0.790. The van der Waals surface area contributed by atoms with Gasteiger partial charge in [0.05, 0.1) is 0 Å². The largest absolute Gasteiger partial charge is 0.364 e. The second-order valence-electron chi connectivity index (χ2n) is 7.96. The molecule has 2 atom stereocenters. The van der Waals surface area contributed by atoms with Gasteiger partial charge in [0, 0.05) is 0 Å². The van der Waals surface area contributed by atoms with Crippen LogP contribution in [0.25, 0.3) is 0 Å². The summed E-state index contributed by atoms with van der Waals surface area (Å²) in [6.07, 6.45) is 3.26. The van der Waals surface area contributed by atoms with Crippen molar-refractivity contribution >= 4 is 17.8 Å². The summed E-state index contributed by atoms with van der Waals surface area (Å²) in [5.74, 6) is -0.0784. The van der Waals surface area contributed by atoms with Gasteiger partial charge in [0.2, 0.25) is 0 Å². The van der Waals surface area contributed by atoms with Gasteiger partial charge in [0.25, 0.3) is 11.8 Å². The minimum Gasteiger partial charge on any atom is -0.364 e. The highest BCUT2D eigenvalue weighted by Crippen LogP contribution is 2.35. The zero-order chi connectivity index (χ0) is 18.2. The summed E-state index contributed by atoms with van der Waals surface area (Å²) >= 11 is 0. The van der Waals surface area contributed by atoms with Crippen LogP contribution in [0.2, 0.25) is 0 Å². The van der Waals surface area contributed by atoms with E-state index in [1.54, 1.807) is 0 Å². The first-order valence-corrected chi connectivity index (χ1v) is 9.24. The third kappa shape index (κ3) is 3.79. The Kier molecular flexibility index (Phi) is 5.02. The molecule has 8 heteroatoms. The number of nitrogens with one attached hydrogen (secondary N) is 3. The zero-order valence-electron chi connectivity index (χ0n) is 15.3. The summed E-state index contributed by atoms with van der Waals surface area (Å²) in [5.41, 5.74) is 1.68. The lowest BCUT2D eigenvalue weighted by atomic mass is 9.77. The van der Waals surface area contributed by atoms with Crippen molar-refractivity contribution < 1.29 is 24.0 Å². The van der Waals surface area contributed by atoms with Gasteiger partial charge in [-0.2, -0.15) is 5.01 Å². The Morgan fingerprint density at radius 2 is 1.84 bits per heavy atom. The maximum atomic E-state index is 12.7. The van der Waals surface area contributed by atoms with E-state index in [0.29, 0.717) is 18.8 Å². The molecule has 0 bridgehead atoms. The number of imide groups is 1. The number of morpholine rings is 1. The van der Waals surface area contributed by atoms with Crippen molar-refractivity contribution in [3.63, 3.8) is 0 Å².